The fraction of sp³-hybridized carbons (Fsp3) is 0.316. The minimum Gasteiger partial charge on any atom is -0.354 e. The van der Waals surface area contributed by atoms with Crippen LogP contribution in [0, 0.1) is 11.3 Å². The van der Waals surface area contributed by atoms with E-state index in [0.29, 0.717) is 17.9 Å². The number of hydrogen-bond acceptors (Lipinski definition) is 4. The first-order chi connectivity index (χ1) is 11.6. The lowest BCUT2D eigenvalue weighted by molar-refractivity contribution is -0.119. The maximum Gasteiger partial charge on any atom is 0.239 e. The number of carbonyl (C=O) groups excluding carboxylic acids is 1. The highest BCUT2D eigenvalue weighted by Crippen LogP contribution is 2.47. The van der Waals surface area contributed by atoms with Crippen LogP contribution in [0.5, 0.6) is 0 Å². The molecule has 0 spiro atoms. The van der Waals surface area contributed by atoms with Gasteiger partial charge in [-0.25, -0.2) is 4.98 Å². The van der Waals surface area contributed by atoms with Crippen LogP contribution in [0.1, 0.15) is 24.0 Å². The third kappa shape index (κ3) is 3.54. The van der Waals surface area contributed by atoms with Gasteiger partial charge in [0.1, 0.15) is 11.9 Å². The molecule has 0 aliphatic heterocycles. The molecule has 1 saturated carbocycles. The van der Waals surface area contributed by atoms with Crippen LogP contribution in [0.4, 0.5) is 5.82 Å². The van der Waals surface area contributed by atoms with Crippen LogP contribution in [0.15, 0.2) is 48.7 Å². The summed E-state index contributed by atoms with van der Waals surface area (Å²) in [6.45, 7) is 0.911. The number of anilines is 1. The lowest BCUT2D eigenvalue weighted by atomic mass is 9.96. The minimum absolute atomic E-state index is 0.0223. The second-order valence-corrected chi connectivity index (χ2v) is 6.30. The van der Waals surface area contributed by atoms with Crippen molar-refractivity contribution in [2.75, 3.05) is 25.0 Å². The SMILES string of the molecule is CN(CC(=O)NCC1(c2ccccc2)CC1)c1ccc(C#N)cn1. The van der Waals surface area contributed by atoms with E-state index in [9.17, 15) is 4.79 Å². The summed E-state index contributed by atoms with van der Waals surface area (Å²) in [7, 11) is 1.82. The van der Waals surface area contributed by atoms with E-state index in [0.717, 1.165) is 12.8 Å². The lowest BCUT2D eigenvalue weighted by Gasteiger charge is -2.20. The summed E-state index contributed by atoms with van der Waals surface area (Å²) in [5, 5.41) is 11.8. The van der Waals surface area contributed by atoms with Crippen molar-refractivity contribution >= 4 is 11.7 Å². The van der Waals surface area contributed by atoms with Gasteiger partial charge in [-0.15, -0.1) is 0 Å². The molecule has 1 fully saturated rings. The third-order valence-corrected chi connectivity index (χ3v) is 4.51. The Labute approximate surface area is 141 Å². The normalized spacial score (nSPS) is 14.5. The molecule has 0 radical (unpaired) electrons. The highest BCUT2D eigenvalue weighted by Gasteiger charge is 2.44. The maximum absolute atomic E-state index is 12.2. The van der Waals surface area contributed by atoms with Crippen molar-refractivity contribution in [3.8, 4) is 6.07 Å². The van der Waals surface area contributed by atoms with Gasteiger partial charge in [-0.1, -0.05) is 30.3 Å². The van der Waals surface area contributed by atoms with E-state index in [-0.39, 0.29) is 17.9 Å². The number of benzene rings is 1. The fourth-order valence-corrected chi connectivity index (χ4v) is 2.81. The van der Waals surface area contributed by atoms with Gasteiger partial charge in [0.05, 0.1) is 12.1 Å². The molecule has 122 valence electrons. The zero-order valence-electron chi connectivity index (χ0n) is 13.7. The Morgan fingerprint density at radius 2 is 2.04 bits per heavy atom. The molecule has 1 aromatic heterocycles. The van der Waals surface area contributed by atoms with Gasteiger partial charge in [-0.3, -0.25) is 4.79 Å². The highest BCUT2D eigenvalue weighted by atomic mass is 16.2. The molecule has 1 aliphatic carbocycles. The smallest absolute Gasteiger partial charge is 0.239 e. The van der Waals surface area contributed by atoms with Gasteiger partial charge in [0.15, 0.2) is 0 Å². The van der Waals surface area contributed by atoms with Crippen molar-refractivity contribution in [1.82, 2.24) is 10.3 Å². The summed E-state index contributed by atoms with van der Waals surface area (Å²) >= 11 is 0. The summed E-state index contributed by atoms with van der Waals surface area (Å²) in [4.78, 5) is 18.2. The number of pyridine rings is 1. The van der Waals surface area contributed by atoms with Gasteiger partial charge >= 0.3 is 0 Å². The van der Waals surface area contributed by atoms with Crippen LogP contribution < -0.4 is 10.2 Å². The topological polar surface area (TPSA) is 69.0 Å². The molecule has 1 N–H and O–H groups in total. The standard InChI is InChI=1S/C19H20N4O/c1-23(17-8-7-15(11-20)12-21-17)13-18(24)22-14-19(9-10-19)16-5-3-2-4-6-16/h2-8,12H,9-10,13-14H2,1H3,(H,22,24). The molecule has 0 atom stereocenters. The number of nitrogens with zero attached hydrogens (tertiary/aromatic N) is 3. The van der Waals surface area contributed by atoms with Gasteiger partial charge in [-0.2, -0.15) is 5.26 Å². The monoisotopic (exact) mass is 320 g/mol. The molecule has 1 heterocycles. The van der Waals surface area contributed by atoms with E-state index in [1.165, 1.54) is 11.8 Å². The zero-order valence-corrected chi connectivity index (χ0v) is 13.7. The Hall–Kier alpha value is -2.87. The Morgan fingerprint density at radius 1 is 1.29 bits per heavy atom. The van der Waals surface area contributed by atoms with Crippen LogP contribution in [0.3, 0.4) is 0 Å². The predicted molar refractivity (Wildman–Crippen MR) is 92.6 cm³/mol. The van der Waals surface area contributed by atoms with Gasteiger partial charge in [-0.05, 0) is 30.5 Å². The number of carbonyl (C=O) groups is 1. The molecule has 0 saturated heterocycles. The second kappa shape index (κ2) is 6.71. The molecule has 1 aromatic carbocycles. The second-order valence-electron chi connectivity index (χ2n) is 6.30. The lowest BCUT2D eigenvalue weighted by Crippen LogP contribution is -2.39. The van der Waals surface area contributed by atoms with E-state index >= 15 is 0 Å². The van der Waals surface area contributed by atoms with Crippen molar-refractivity contribution in [3.63, 3.8) is 0 Å². The molecule has 2 aromatic rings. The minimum atomic E-state index is -0.0223. The molecular formula is C19H20N4O. The number of hydrogen-bond donors (Lipinski definition) is 1. The van der Waals surface area contributed by atoms with Crippen molar-refractivity contribution in [1.29, 1.82) is 5.26 Å². The molecule has 0 bridgehead atoms. The van der Waals surface area contributed by atoms with E-state index in [4.69, 9.17) is 5.26 Å². The molecule has 3 rings (SSSR count). The van der Waals surface area contributed by atoms with E-state index in [1.807, 2.05) is 31.3 Å². The quantitative estimate of drug-likeness (QED) is 0.886. The van der Waals surface area contributed by atoms with Crippen LogP contribution in [-0.2, 0) is 10.2 Å². The van der Waals surface area contributed by atoms with Crippen LogP contribution in [-0.4, -0.2) is 31.0 Å². The first-order valence-electron chi connectivity index (χ1n) is 8.02. The van der Waals surface area contributed by atoms with Crippen molar-refractivity contribution in [2.24, 2.45) is 0 Å². The molecular weight excluding hydrogens is 300 g/mol. The number of rotatable bonds is 6. The van der Waals surface area contributed by atoms with E-state index in [1.54, 1.807) is 17.0 Å². The number of likely N-dealkylation sites (N-methyl/N-ethyl adjacent to an activating group) is 1. The molecule has 24 heavy (non-hydrogen) atoms. The van der Waals surface area contributed by atoms with Gasteiger partial charge in [0.25, 0.3) is 0 Å². The third-order valence-electron chi connectivity index (χ3n) is 4.51. The Morgan fingerprint density at radius 3 is 2.62 bits per heavy atom. The van der Waals surface area contributed by atoms with Crippen LogP contribution in [0.25, 0.3) is 0 Å². The zero-order chi connectivity index (χ0) is 17.0. The molecule has 1 amide bonds. The highest BCUT2D eigenvalue weighted by molar-refractivity contribution is 5.81. The maximum atomic E-state index is 12.2. The number of aromatic nitrogens is 1. The van der Waals surface area contributed by atoms with Crippen LogP contribution in [0.2, 0.25) is 0 Å². The number of amides is 1. The fourth-order valence-electron chi connectivity index (χ4n) is 2.81. The molecule has 1 aliphatic rings. The average Bonchev–Trinajstić information content (AvgIpc) is 3.42. The summed E-state index contributed by atoms with van der Waals surface area (Å²) in [6, 6.07) is 15.8. The molecule has 5 heteroatoms. The predicted octanol–water partition coefficient (Wildman–Crippen LogP) is 2.24. The average molecular weight is 320 g/mol. The number of nitrogens with one attached hydrogen (secondary N) is 1. The summed E-state index contributed by atoms with van der Waals surface area (Å²) in [5.74, 6) is 0.652. The first kappa shape index (κ1) is 16.0. The largest absolute Gasteiger partial charge is 0.354 e. The van der Waals surface area contributed by atoms with Crippen molar-refractivity contribution in [2.45, 2.75) is 18.3 Å². The van der Waals surface area contributed by atoms with Gasteiger partial charge in [0.2, 0.25) is 5.91 Å². The first-order valence-corrected chi connectivity index (χ1v) is 8.02. The summed E-state index contributed by atoms with van der Waals surface area (Å²) in [6.07, 6.45) is 3.74. The Kier molecular flexibility index (Phi) is 4.48. The van der Waals surface area contributed by atoms with Gasteiger partial charge < -0.3 is 10.2 Å². The Bertz CT molecular complexity index is 745. The summed E-state index contributed by atoms with van der Waals surface area (Å²) < 4.78 is 0. The van der Waals surface area contributed by atoms with Crippen molar-refractivity contribution in [3.05, 3.63) is 59.8 Å². The molecule has 0 unspecified atom stereocenters. The number of nitriles is 1. The van der Waals surface area contributed by atoms with Gasteiger partial charge in [0, 0.05) is 25.2 Å². The van der Waals surface area contributed by atoms with Crippen molar-refractivity contribution < 1.29 is 4.79 Å². The van der Waals surface area contributed by atoms with E-state index in [2.05, 4.69) is 22.4 Å². The summed E-state index contributed by atoms with van der Waals surface area (Å²) in [5.41, 5.74) is 1.92. The molecule has 5 nitrogen and oxygen atoms in total. The Balaban J connectivity index is 1.53. The van der Waals surface area contributed by atoms with E-state index < -0.39 is 0 Å². The van der Waals surface area contributed by atoms with Crippen LogP contribution >= 0.6 is 0 Å².